The third kappa shape index (κ3) is 4.23. The van der Waals surface area contributed by atoms with E-state index in [-0.39, 0.29) is 17.9 Å². The summed E-state index contributed by atoms with van der Waals surface area (Å²) in [6, 6.07) is 5.30. The number of aromatic nitrogens is 3. The number of aryl methyl sites for hydroxylation is 1. The summed E-state index contributed by atoms with van der Waals surface area (Å²) >= 11 is 1.51. The van der Waals surface area contributed by atoms with Crippen LogP contribution >= 0.6 is 11.3 Å². The van der Waals surface area contributed by atoms with Gasteiger partial charge in [-0.3, -0.25) is 4.79 Å². The van der Waals surface area contributed by atoms with Crippen molar-refractivity contribution in [2.75, 3.05) is 5.73 Å². The van der Waals surface area contributed by atoms with Gasteiger partial charge in [0.05, 0.1) is 11.6 Å². The summed E-state index contributed by atoms with van der Waals surface area (Å²) in [4.78, 5) is 24.6. The Labute approximate surface area is 155 Å². The Morgan fingerprint density at radius 1 is 1.23 bits per heavy atom. The summed E-state index contributed by atoms with van der Waals surface area (Å²) in [5.41, 5.74) is 8.44. The van der Waals surface area contributed by atoms with Gasteiger partial charge in [-0.25, -0.2) is 15.0 Å². The van der Waals surface area contributed by atoms with Crippen LogP contribution in [-0.4, -0.2) is 20.9 Å². The summed E-state index contributed by atoms with van der Waals surface area (Å²) in [5, 5.41) is 5.71. The van der Waals surface area contributed by atoms with Gasteiger partial charge in [-0.05, 0) is 31.5 Å². The van der Waals surface area contributed by atoms with Gasteiger partial charge in [0, 0.05) is 35.1 Å². The first-order valence-electron chi connectivity index (χ1n) is 7.93. The summed E-state index contributed by atoms with van der Waals surface area (Å²) in [5.74, 6) is 6.10. The number of hydrogen-bond acceptors (Lipinski definition) is 6. The van der Waals surface area contributed by atoms with Crippen molar-refractivity contribution in [1.29, 1.82) is 0 Å². The van der Waals surface area contributed by atoms with Crippen molar-refractivity contribution < 1.29 is 4.79 Å². The number of thiazole rings is 1. The lowest BCUT2D eigenvalue weighted by Crippen LogP contribution is -2.26. The van der Waals surface area contributed by atoms with E-state index in [0.717, 1.165) is 16.1 Å². The van der Waals surface area contributed by atoms with Crippen LogP contribution in [0.25, 0.3) is 0 Å². The minimum atomic E-state index is -0.161. The Bertz CT molecular complexity index is 971. The molecule has 0 aliphatic rings. The second kappa shape index (κ2) is 7.76. The first kappa shape index (κ1) is 17.6. The Kier molecular flexibility index (Phi) is 5.25. The first-order valence-corrected chi connectivity index (χ1v) is 8.81. The van der Waals surface area contributed by atoms with Crippen LogP contribution in [0.5, 0.6) is 0 Å². The highest BCUT2D eigenvalue weighted by molar-refractivity contribution is 7.09. The smallest absolute Gasteiger partial charge is 0.251 e. The van der Waals surface area contributed by atoms with Crippen LogP contribution in [0.1, 0.15) is 45.0 Å². The number of carbonyl (C=O) groups is 1. The number of nitrogens with two attached hydrogens (primary N) is 1. The zero-order chi connectivity index (χ0) is 18.5. The van der Waals surface area contributed by atoms with Crippen molar-refractivity contribution in [1.82, 2.24) is 20.3 Å². The molecule has 26 heavy (non-hydrogen) atoms. The van der Waals surface area contributed by atoms with Crippen LogP contribution in [0.4, 0.5) is 5.95 Å². The lowest BCUT2D eigenvalue weighted by atomic mass is 10.0. The number of nitrogen functional groups attached to an aromatic ring is 1. The van der Waals surface area contributed by atoms with Gasteiger partial charge in [-0.1, -0.05) is 17.9 Å². The number of carbonyl (C=O) groups excluding carboxylic acids is 1. The van der Waals surface area contributed by atoms with Crippen molar-refractivity contribution in [3.05, 3.63) is 69.4 Å². The fourth-order valence-electron chi connectivity index (χ4n) is 2.23. The molecule has 3 aromatic rings. The molecule has 3 N–H and O–H groups in total. The van der Waals surface area contributed by atoms with Crippen molar-refractivity contribution >= 4 is 23.2 Å². The number of rotatable bonds is 3. The maximum Gasteiger partial charge on any atom is 0.251 e. The highest BCUT2D eigenvalue weighted by Gasteiger charge is 2.13. The van der Waals surface area contributed by atoms with Crippen LogP contribution in [0.2, 0.25) is 0 Å². The van der Waals surface area contributed by atoms with E-state index in [9.17, 15) is 4.79 Å². The second-order valence-electron chi connectivity index (χ2n) is 5.68. The van der Waals surface area contributed by atoms with Crippen molar-refractivity contribution in [2.45, 2.75) is 19.9 Å². The third-order valence-electron chi connectivity index (χ3n) is 3.68. The number of nitrogens with one attached hydrogen (secondary N) is 1. The molecule has 0 radical (unpaired) electrons. The van der Waals surface area contributed by atoms with Gasteiger partial charge in [0.1, 0.15) is 5.01 Å². The summed E-state index contributed by atoms with van der Waals surface area (Å²) in [6.45, 7) is 3.86. The second-order valence-corrected chi connectivity index (χ2v) is 6.60. The molecule has 7 heteroatoms. The fraction of sp³-hybridized carbons (Fsp3) is 0.158. The van der Waals surface area contributed by atoms with Crippen molar-refractivity contribution in [2.24, 2.45) is 0 Å². The van der Waals surface area contributed by atoms with E-state index >= 15 is 0 Å². The molecule has 0 aliphatic carbocycles. The highest BCUT2D eigenvalue weighted by atomic mass is 32.1. The lowest BCUT2D eigenvalue weighted by Gasteiger charge is -2.12. The maximum absolute atomic E-state index is 12.5. The van der Waals surface area contributed by atoms with E-state index in [1.807, 2.05) is 25.3 Å². The van der Waals surface area contributed by atoms with Gasteiger partial charge in [0.15, 0.2) is 0 Å². The molecule has 6 nitrogen and oxygen atoms in total. The zero-order valence-electron chi connectivity index (χ0n) is 14.4. The molecule has 0 spiro atoms. The minimum absolute atomic E-state index is 0.148. The quantitative estimate of drug-likeness (QED) is 0.698. The molecule has 0 fully saturated rings. The minimum Gasteiger partial charge on any atom is -0.368 e. The molecule has 1 atom stereocenters. The molecule has 2 aromatic heterocycles. The van der Waals surface area contributed by atoms with Gasteiger partial charge in [-0.15, -0.1) is 11.3 Å². The van der Waals surface area contributed by atoms with E-state index in [2.05, 4.69) is 32.1 Å². The molecule has 3 rings (SSSR count). The summed E-state index contributed by atoms with van der Waals surface area (Å²) < 4.78 is 0. The van der Waals surface area contributed by atoms with Crippen LogP contribution in [0.15, 0.2) is 42.2 Å². The molecular formula is C19H17N5OS. The molecule has 130 valence electrons. The van der Waals surface area contributed by atoms with E-state index < -0.39 is 0 Å². The summed E-state index contributed by atoms with van der Waals surface area (Å²) in [7, 11) is 0. The first-order chi connectivity index (χ1) is 12.5. The van der Waals surface area contributed by atoms with Gasteiger partial charge in [-0.2, -0.15) is 0 Å². The van der Waals surface area contributed by atoms with Crippen molar-refractivity contribution in [3.63, 3.8) is 0 Å². The number of amides is 1. The van der Waals surface area contributed by atoms with Crippen LogP contribution in [0, 0.1) is 18.8 Å². The largest absolute Gasteiger partial charge is 0.368 e. The monoisotopic (exact) mass is 363 g/mol. The normalized spacial score (nSPS) is 11.3. The average molecular weight is 363 g/mol. The van der Waals surface area contributed by atoms with E-state index in [1.165, 1.54) is 11.3 Å². The maximum atomic E-state index is 12.5. The molecule has 1 aromatic carbocycles. The Hall–Kier alpha value is -3.24. The Morgan fingerprint density at radius 3 is 2.69 bits per heavy atom. The third-order valence-corrected chi connectivity index (χ3v) is 4.64. The predicted octanol–water partition coefficient (Wildman–Crippen LogP) is 2.71. The predicted molar refractivity (Wildman–Crippen MR) is 102 cm³/mol. The molecule has 0 bridgehead atoms. The number of nitrogens with zero attached hydrogens (tertiary/aromatic N) is 3. The molecule has 0 saturated carbocycles. The molecular weight excluding hydrogens is 346 g/mol. The average Bonchev–Trinajstić information content (AvgIpc) is 3.17. The van der Waals surface area contributed by atoms with Crippen molar-refractivity contribution in [3.8, 4) is 11.8 Å². The van der Waals surface area contributed by atoms with Gasteiger partial charge >= 0.3 is 0 Å². The molecule has 2 heterocycles. The number of benzene rings is 1. The van der Waals surface area contributed by atoms with Gasteiger partial charge in [0.25, 0.3) is 5.91 Å². The Balaban J connectivity index is 1.79. The zero-order valence-corrected chi connectivity index (χ0v) is 15.2. The standard InChI is InChI=1S/C19H17N5OS/c1-12-3-5-16(17(25)24-13(2)18-21-7-8-26-18)9-15(12)6-4-14-10-22-19(20)23-11-14/h3,5,7-11,13H,1-2H3,(H,24,25)(H2,20,22,23). The SMILES string of the molecule is Cc1ccc(C(=O)NC(C)c2nccs2)cc1C#Cc1cnc(N)nc1. The number of hydrogen-bond donors (Lipinski definition) is 2. The highest BCUT2D eigenvalue weighted by Crippen LogP contribution is 2.16. The lowest BCUT2D eigenvalue weighted by molar-refractivity contribution is 0.0940. The van der Waals surface area contributed by atoms with Crippen LogP contribution in [0.3, 0.4) is 0 Å². The van der Waals surface area contributed by atoms with Crippen LogP contribution < -0.4 is 11.1 Å². The molecule has 1 unspecified atom stereocenters. The van der Waals surface area contributed by atoms with E-state index in [4.69, 9.17) is 5.73 Å². The molecule has 0 aliphatic heterocycles. The topological polar surface area (TPSA) is 93.8 Å². The molecule has 1 amide bonds. The fourth-order valence-corrected chi connectivity index (χ4v) is 2.88. The van der Waals surface area contributed by atoms with Gasteiger partial charge < -0.3 is 11.1 Å². The van der Waals surface area contributed by atoms with E-state index in [1.54, 1.807) is 30.7 Å². The Morgan fingerprint density at radius 2 is 2.00 bits per heavy atom. The van der Waals surface area contributed by atoms with E-state index in [0.29, 0.717) is 11.1 Å². The number of anilines is 1. The molecule has 0 saturated heterocycles. The summed E-state index contributed by atoms with van der Waals surface area (Å²) in [6.07, 6.45) is 4.86. The van der Waals surface area contributed by atoms with Crippen LogP contribution in [-0.2, 0) is 0 Å². The van der Waals surface area contributed by atoms with Gasteiger partial charge in [0.2, 0.25) is 5.95 Å².